The van der Waals surface area contributed by atoms with Gasteiger partial charge in [-0.2, -0.15) is 10.1 Å². The summed E-state index contributed by atoms with van der Waals surface area (Å²) in [6.45, 7) is 1.69. The normalized spacial score (nSPS) is 15.2. The quantitative estimate of drug-likeness (QED) is 0.887. The summed E-state index contributed by atoms with van der Waals surface area (Å²) in [6.07, 6.45) is 0. The molecular weight excluding hydrogens is 222 g/mol. The van der Waals surface area contributed by atoms with Crippen LogP contribution in [0.4, 0.5) is 0 Å². The number of nitrogens with zero attached hydrogens (tertiary/aromatic N) is 2. The largest absolute Gasteiger partial charge is 0.239 e. The number of hydrazine groups is 1. The Bertz CT molecular complexity index is 534. The van der Waals surface area contributed by atoms with Crippen LogP contribution in [0.5, 0.6) is 0 Å². The predicted molar refractivity (Wildman–Crippen MR) is 73.0 cm³/mol. The molecule has 0 aliphatic carbocycles. The van der Waals surface area contributed by atoms with Crippen LogP contribution in [0.1, 0.15) is 11.1 Å². The molecule has 3 nitrogen and oxygen atoms in total. The van der Waals surface area contributed by atoms with Crippen LogP contribution in [0.15, 0.2) is 65.8 Å². The molecular formula is C15H15N3. The van der Waals surface area contributed by atoms with Crippen molar-refractivity contribution in [1.82, 2.24) is 10.5 Å². The molecule has 1 aliphatic rings. The summed E-state index contributed by atoms with van der Waals surface area (Å²) < 4.78 is 0. The SMILES string of the molecule is c1ccc(CN2CC(c3ccccc3)=NN2)cc1. The molecule has 1 heterocycles. The second kappa shape index (κ2) is 5.02. The highest BCUT2D eigenvalue weighted by molar-refractivity contribution is 6.02. The van der Waals surface area contributed by atoms with E-state index >= 15 is 0 Å². The van der Waals surface area contributed by atoms with Gasteiger partial charge >= 0.3 is 0 Å². The smallest absolute Gasteiger partial charge is 0.0850 e. The van der Waals surface area contributed by atoms with Crippen molar-refractivity contribution in [2.24, 2.45) is 5.10 Å². The second-order valence-corrected chi connectivity index (χ2v) is 4.37. The second-order valence-electron chi connectivity index (χ2n) is 4.37. The summed E-state index contributed by atoms with van der Waals surface area (Å²) in [4.78, 5) is 0. The fourth-order valence-electron chi connectivity index (χ4n) is 2.06. The Balaban J connectivity index is 1.65. The molecule has 0 atom stereocenters. The molecule has 2 aromatic rings. The van der Waals surface area contributed by atoms with Gasteiger partial charge in [0.1, 0.15) is 0 Å². The zero-order valence-electron chi connectivity index (χ0n) is 10.1. The number of benzene rings is 2. The van der Waals surface area contributed by atoms with Gasteiger partial charge in [0.05, 0.1) is 12.3 Å². The molecule has 0 unspecified atom stereocenters. The van der Waals surface area contributed by atoms with Crippen LogP contribution in [-0.2, 0) is 6.54 Å². The van der Waals surface area contributed by atoms with Gasteiger partial charge in [-0.05, 0) is 11.1 Å². The zero-order chi connectivity index (χ0) is 12.2. The highest BCUT2D eigenvalue weighted by Gasteiger charge is 2.16. The Morgan fingerprint density at radius 2 is 1.61 bits per heavy atom. The van der Waals surface area contributed by atoms with Crippen LogP contribution in [0.2, 0.25) is 0 Å². The first-order valence-electron chi connectivity index (χ1n) is 6.08. The van der Waals surface area contributed by atoms with Crippen molar-refractivity contribution in [2.75, 3.05) is 6.54 Å². The maximum Gasteiger partial charge on any atom is 0.0850 e. The Kier molecular flexibility index (Phi) is 3.07. The van der Waals surface area contributed by atoms with E-state index in [0.29, 0.717) is 0 Å². The van der Waals surface area contributed by atoms with E-state index in [9.17, 15) is 0 Å². The third-order valence-corrected chi connectivity index (χ3v) is 2.99. The average Bonchev–Trinajstić information content (AvgIpc) is 2.89. The van der Waals surface area contributed by atoms with Crippen LogP contribution in [-0.4, -0.2) is 17.3 Å². The van der Waals surface area contributed by atoms with Crippen LogP contribution in [0, 0.1) is 0 Å². The fraction of sp³-hybridized carbons (Fsp3) is 0.133. The highest BCUT2D eigenvalue weighted by Crippen LogP contribution is 2.09. The number of nitrogens with one attached hydrogen (secondary N) is 1. The Labute approximate surface area is 107 Å². The highest BCUT2D eigenvalue weighted by atomic mass is 15.7. The first kappa shape index (κ1) is 11.0. The van der Waals surface area contributed by atoms with E-state index in [1.165, 1.54) is 11.1 Å². The fourth-order valence-corrected chi connectivity index (χ4v) is 2.06. The Hall–Kier alpha value is -2.13. The summed E-state index contributed by atoms with van der Waals surface area (Å²) in [5.74, 6) is 0. The van der Waals surface area contributed by atoms with Crippen LogP contribution in [0.25, 0.3) is 0 Å². The summed E-state index contributed by atoms with van der Waals surface area (Å²) in [6, 6.07) is 20.7. The molecule has 0 fully saturated rings. The molecule has 0 saturated heterocycles. The monoisotopic (exact) mass is 237 g/mol. The zero-order valence-corrected chi connectivity index (χ0v) is 10.1. The molecule has 18 heavy (non-hydrogen) atoms. The lowest BCUT2D eigenvalue weighted by Crippen LogP contribution is -2.30. The number of hydrogen-bond donors (Lipinski definition) is 1. The summed E-state index contributed by atoms with van der Waals surface area (Å²) >= 11 is 0. The first-order valence-corrected chi connectivity index (χ1v) is 6.08. The van der Waals surface area contributed by atoms with E-state index in [1.54, 1.807) is 0 Å². The average molecular weight is 237 g/mol. The molecule has 3 rings (SSSR count). The molecule has 2 aromatic carbocycles. The predicted octanol–water partition coefficient (Wildman–Crippen LogP) is 2.41. The molecule has 0 amide bonds. The van der Waals surface area contributed by atoms with E-state index < -0.39 is 0 Å². The van der Waals surface area contributed by atoms with Gasteiger partial charge in [0, 0.05) is 6.54 Å². The van der Waals surface area contributed by atoms with Gasteiger partial charge in [0.2, 0.25) is 0 Å². The van der Waals surface area contributed by atoms with E-state index in [-0.39, 0.29) is 0 Å². The number of hydrogen-bond acceptors (Lipinski definition) is 3. The first-order chi connectivity index (χ1) is 8.92. The molecule has 0 bridgehead atoms. The van der Waals surface area contributed by atoms with Crippen molar-refractivity contribution in [1.29, 1.82) is 0 Å². The molecule has 1 aliphatic heterocycles. The minimum Gasteiger partial charge on any atom is -0.239 e. The summed E-state index contributed by atoms with van der Waals surface area (Å²) in [5, 5.41) is 6.48. The Morgan fingerprint density at radius 3 is 2.33 bits per heavy atom. The van der Waals surface area contributed by atoms with E-state index in [0.717, 1.165) is 18.8 Å². The minimum absolute atomic E-state index is 0.832. The summed E-state index contributed by atoms with van der Waals surface area (Å²) in [5.41, 5.74) is 6.63. The van der Waals surface area contributed by atoms with E-state index in [4.69, 9.17) is 0 Å². The van der Waals surface area contributed by atoms with Gasteiger partial charge in [-0.1, -0.05) is 60.7 Å². The van der Waals surface area contributed by atoms with Gasteiger partial charge in [-0.15, -0.1) is 0 Å². The molecule has 90 valence electrons. The minimum atomic E-state index is 0.832. The van der Waals surface area contributed by atoms with Gasteiger partial charge in [0.25, 0.3) is 0 Å². The van der Waals surface area contributed by atoms with E-state index in [2.05, 4.69) is 52.0 Å². The maximum atomic E-state index is 4.38. The molecule has 0 spiro atoms. The maximum absolute atomic E-state index is 4.38. The van der Waals surface area contributed by atoms with Gasteiger partial charge in [0.15, 0.2) is 0 Å². The molecule has 0 saturated carbocycles. The third-order valence-electron chi connectivity index (χ3n) is 2.99. The van der Waals surface area contributed by atoms with Gasteiger partial charge in [-0.25, -0.2) is 5.53 Å². The molecule has 0 aromatic heterocycles. The molecule has 3 heteroatoms. The lowest BCUT2D eigenvalue weighted by molar-refractivity contribution is 0.234. The van der Waals surface area contributed by atoms with Crippen molar-refractivity contribution in [3.63, 3.8) is 0 Å². The van der Waals surface area contributed by atoms with Gasteiger partial charge in [-0.3, -0.25) is 0 Å². The van der Waals surface area contributed by atoms with E-state index in [1.807, 2.05) is 24.3 Å². The standard InChI is InChI=1S/C15H15N3/c1-3-7-13(8-4-1)11-18-12-15(16-17-18)14-9-5-2-6-10-14/h1-10,17H,11-12H2. The van der Waals surface area contributed by atoms with Crippen molar-refractivity contribution in [3.8, 4) is 0 Å². The Morgan fingerprint density at radius 1 is 0.944 bits per heavy atom. The van der Waals surface area contributed by atoms with Crippen molar-refractivity contribution in [3.05, 3.63) is 71.8 Å². The molecule has 0 radical (unpaired) electrons. The number of rotatable bonds is 3. The van der Waals surface area contributed by atoms with Crippen LogP contribution in [0.3, 0.4) is 0 Å². The van der Waals surface area contributed by atoms with Gasteiger partial charge < -0.3 is 0 Å². The summed E-state index contributed by atoms with van der Waals surface area (Å²) in [7, 11) is 0. The van der Waals surface area contributed by atoms with Crippen molar-refractivity contribution >= 4 is 5.71 Å². The number of hydrazone groups is 1. The topological polar surface area (TPSA) is 27.6 Å². The third kappa shape index (κ3) is 2.41. The van der Waals surface area contributed by atoms with Crippen LogP contribution < -0.4 is 5.53 Å². The van der Waals surface area contributed by atoms with Crippen molar-refractivity contribution in [2.45, 2.75) is 6.54 Å². The van der Waals surface area contributed by atoms with Crippen molar-refractivity contribution < 1.29 is 0 Å². The lowest BCUT2D eigenvalue weighted by atomic mass is 10.1. The lowest BCUT2D eigenvalue weighted by Gasteiger charge is -2.14. The van der Waals surface area contributed by atoms with Crippen LogP contribution >= 0.6 is 0 Å². The molecule has 1 N–H and O–H groups in total.